The van der Waals surface area contributed by atoms with Gasteiger partial charge in [0.2, 0.25) is 12.3 Å². The Labute approximate surface area is 144 Å². The summed E-state index contributed by atoms with van der Waals surface area (Å²) in [6.45, 7) is 6.52. The second-order valence-electron chi connectivity index (χ2n) is 6.69. The van der Waals surface area contributed by atoms with E-state index in [9.17, 15) is 5.11 Å². The van der Waals surface area contributed by atoms with Gasteiger partial charge in [0.25, 0.3) is 0 Å². The van der Waals surface area contributed by atoms with Crippen LogP contribution < -0.4 is 13.9 Å². The lowest BCUT2D eigenvalue weighted by molar-refractivity contribution is -0.517. The van der Waals surface area contributed by atoms with Crippen molar-refractivity contribution < 1.29 is 19.0 Å². The lowest BCUT2D eigenvalue weighted by Gasteiger charge is -2.11. The van der Waals surface area contributed by atoms with Crippen LogP contribution in [0.15, 0.2) is 36.5 Å². The minimum absolute atomic E-state index is 0.268. The van der Waals surface area contributed by atoms with Gasteiger partial charge in [0.15, 0.2) is 23.4 Å². The molecule has 1 aliphatic rings. The predicted molar refractivity (Wildman–Crippen MR) is 96.6 cm³/mol. The fraction of sp³-hybridized carbons (Fsp3) is 0.190. The Balaban J connectivity index is 2.08. The molecular weight excluding hydrogens is 314 g/mol. The summed E-state index contributed by atoms with van der Waals surface area (Å²) >= 11 is 0. The second kappa shape index (κ2) is 4.76. The van der Waals surface area contributed by atoms with E-state index in [2.05, 4.69) is 42.6 Å². The maximum Gasteiger partial charge on any atom is 0.231 e. The van der Waals surface area contributed by atoms with E-state index in [1.807, 2.05) is 13.0 Å². The number of hydrogen-bond donors (Lipinski definition) is 1. The number of fused-ring (bicyclic) bond motifs is 5. The smallest absolute Gasteiger partial charge is 0.231 e. The minimum atomic E-state index is 0.268. The third-order valence-electron chi connectivity index (χ3n) is 5.28. The molecule has 4 nitrogen and oxygen atoms in total. The topological polar surface area (TPSA) is 42.8 Å². The number of aryl methyl sites for hydroxylation is 3. The summed E-state index contributed by atoms with van der Waals surface area (Å²) < 4.78 is 13.3. The molecule has 0 amide bonds. The molecule has 4 aromatic rings. The Kier molecular flexibility index (Phi) is 2.73. The molecule has 5 rings (SSSR count). The molecule has 0 saturated carbocycles. The van der Waals surface area contributed by atoms with Crippen LogP contribution in [0.4, 0.5) is 0 Å². The summed E-state index contributed by atoms with van der Waals surface area (Å²) in [6, 6.07) is 9.84. The Bertz CT molecular complexity index is 1210. The molecular formula is C21H18NO3+. The largest absolute Gasteiger partial charge is 0.507 e. The van der Waals surface area contributed by atoms with Gasteiger partial charge in [-0.1, -0.05) is 12.1 Å². The molecule has 4 heteroatoms. The zero-order valence-corrected chi connectivity index (χ0v) is 14.4. The summed E-state index contributed by atoms with van der Waals surface area (Å²) in [5.41, 5.74) is 4.45. The average Bonchev–Trinajstić information content (AvgIpc) is 3.05. The molecule has 0 spiro atoms. The van der Waals surface area contributed by atoms with Crippen molar-refractivity contribution in [1.82, 2.24) is 0 Å². The molecule has 3 heterocycles. The minimum Gasteiger partial charge on any atom is -0.507 e. The monoisotopic (exact) mass is 332 g/mol. The summed E-state index contributed by atoms with van der Waals surface area (Å²) in [4.78, 5) is 0. The van der Waals surface area contributed by atoms with Gasteiger partial charge in [-0.15, -0.1) is 0 Å². The first-order chi connectivity index (χ1) is 12.1. The maximum atomic E-state index is 10.4. The number of phenols is 1. The Hall–Kier alpha value is -3.01. The summed E-state index contributed by atoms with van der Waals surface area (Å²) in [5.74, 6) is 1.90. The highest BCUT2D eigenvalue weighted by Gasteiger charge is 2.24. The van der Waals surface area contributed by atoms with Gasteiger partial charge >= 0.3 is 0 Å². The van der Waals surface area contributed by atoms with Crippen LogP contribution in [0.1, 0.15) is 16.8 Å². The average molecular weight is 332 g/mol. The van der Waals surface area contributed by atoms with E-state index in [1.165, 1.54) is 0 Å². The van der Waals surface area contributed by atoms with Crippen molar-refractivity contribution >= 4 is 27.1 Å². The Morgan fingerprint density at radius 2 is 1.68 bits per heavy atom. The zero-order chi connectivity index (χ0) is 17.3. The van der Waals surface area contributed by atoms with Crippen molar-refractivity contribution in [1.29, 1.82) is 0 Å². The van der Waals surface area contributed by atoms with Crippen LogP contribution in [-0.2, 0) is 0 Å². The summed E-state index contributed by atoms with van der Waals surface area (Å²) in [7, 11) is 0. The Morgan fingerprint density at radius 3 is 2.44 bits per heavy atom. The molecule has 0 unspecified atom stereocenters. The van der Waals surface area contributed by atoms with Crippen molar-refractivity contribution in [3.63, 3.8) is 0 Å². The number of rotatable bonds is 0. The predicted octanol–water partition coefficient (Wildman–Crippen LogP) is 4.09. The Morgan fingerprint density at radius 1 is 0.960 bits per heavy atom. The molecule has 0 saturated heterocycles. The molecule has 0 aliphatic carbocycles. The SMILES string of the molecule is Cc1c[n+]2c(C)c3c(O)cccc3c(C)c2c2cc3c(cc12)OCO3. The molecule has 1 aliphatic heterocycles. The van der Waals surface area contributed by atoms with Crippen LogP contribution >= 0.6 is 0 Å². The third kappa shape index (κ3) is 1.79. The van der Waals surface area contributed by atoms with Crippen LogP contribution in [-0.4, -0.2) is 11.9 Å². The van der Waals surface area contributed by atoms with Crippen LogP contribution in [0, 0.1) is 20.8 Å². The normalized spacial score (nSPS) is 13.2. The van der Waals surface area contributed by atoms with Crippen molar-refractivity contribution in [2.75, 3.05) is 6.79 Å². The van der Waals surface area contributed by atoms with Crippen molar-refractivity contribution in [2.24, 2.45) is 0 Å². The molecule has 1 N–H and O–H groups in total. The second-order valence-corrected chi connectivity index (χ2v) is 6.69. The van der Waals surface area contributed by atoms with Crippen molar-refractivity contribution in [3.05, 3.63) is 53.3 Å². The number of phenolic OH excluding ortho intramolecular Hbond substituents is 1. The standard InChI is InChI=1S/C21H17NO3/c1-11-9-22-13(3)20-14(5-4-6-17(20)23)12(2)21(22)16-8-19-18(7-15(11)16)24-10-25-19/h4-9H,10H2,1-3H3/p+1. The van der Waals surface area contributed by atoms with Gasteiger partial charge in [-0.2, -0.15) is 4.40 Å². The van der Waals surface area contributed by atoms with Gasteiger partial charge in [0.1, 0.15) is 5.75 Å². The number of hydrogen-bond acceptors (Lipinski definition) is 3. The highest BCUT2D eigenvalue weighted by molar-refractivity contribution is 6.04. The van der Waals surface area contributed by atoms with E-state index in [4.69, 9.17) is 9.47 Å². The zero-order valence-electron chi connectivity index (χ0n) is 14.4. The molecule has 0 bridgehead atoms. The first-order valence-corrected chi connectivity index (χ1v) is 8.35. The van der Waals surface area contributed by atoms with Gasteiger partial charge < -0.3 is 14.6 Å². The number of pyridine rings is 2. The van der Waals surface area contributed by atoms with Crippen LogP contribution in [0.3, 0.4) is 0 Å². The van der Waals surface area contributed by atoms with Crippen LogP contribution in [0.25, 0.3) is 27.1 Å². The van der Waals surface area contributed by atoms with Gasteiger partial charge in [-0.25, -0.2) is 0 Å². The van der Waals surface area contributed by atoms with Gasteiger partial charge in [-0.3, -0.25) is 0 Å². The number of benzene rings is 2. The molecule has 0 radical (unpaired) electrons. The van der Waals surface area contributed by atoms with E-state index in [-0.39, 0.29) is 6.79 Å². The fourth-order valence-corrected chi connectivity index (χ4v) is 4.05. The molecule has 2 aromatic carbocycles. The molecule has 124 valence electrons. The van der Waals surface area contributed by atoms with Crippen LogP contribution in [0.2, 0.25) is 0 Å². The van der Waals surface area contributed by atoms with Crippen molar-refractivity contribution in [2.45, 2.75) is 20.8 Å². The third-order valence-corrected chi connectivity index (χ3v) is 5.28. The molecule has 0 fully saturated rings. The number of nitrogens with zero attached hydrogens (tertiary/aromatic N) is 1. The van der Waals surface area contributed by atoms with Gasteiger partial charge in [0, 0.05) is 28.8 Å². The molecule has 2 aromatic heterocycles. The van der Waals surface area contributed by atoms with E-state index in [0.29, 0.717) is 5.75 Å². The maximum absolute atomic E-state index is 10.4. The van der Waals surface area contributed by atoms with E-state index < -0.39 is 0 Å². The lowest BCUT2D eigenvalue weighted by atomic mass is 9.97. The summed E-state index contributed by atoms with van der Waals surface area (Å²) in [5, 5.41) is 14.7. The number of ether oxygens (including phenoxy) is 2. The number of aromatic hydroxyl groups is 1. The first kappa shape index (κ1) is 14.3. The quantitative estimate of drug-likeness (QED) is 0.300. The number of aromatic nitrogens is 1. The van der Waals surface area contributed by atoms with Gasteiger partial charge in [0.05, 0.1) is 10.8 Å². The van der Waals surface area contributed by atoms with E-state index in [0.717, 1.165) is 55.4 Å². The highest BCUT2D eigenvalue weighted by atomic mass is 16.7. The van der Waals surface area contributed by atoms with E-state index >= 15 is 0 Å². The summed E-state index contributed by atoms with van der Waals surface area (Å²) in [6.07, 6.45) is 2.13. The van der Waals surface area contributed by atoms with Crippen molar-refractivity contribution in [3.8, 4) is 17.2 Å². The lowest BCUT2D eigenvalue weighted by Crippen LogP contribution is -2.28. The highest BCUT2D eigenvalue weighted by Crippen LogP contribution is 2.39. The fourth-order valence-electron chi connectivity index (χ4n) is 4.05. The van der Waals surface area contributed by atoms with Gasteiger partial charge in [-0.05, 0) is 32.0 Å². The molecule has 25 heavy (non-hydrogen) atoms. The van der Waals surface area contributed by atoms with Crippen LogP contribution in [0.5, 0.6) is 17.2 Å². The van der Waals surface area contributed by atoms with E-state index in [1.54, 1.807) is 6.07 Å². The first-order valence-electron chi connectivity index (χ1n) is 8.35. The molecule has 0 atom stereocenters.